The number of esters is 1. The molecule has 1 heterocycles. The highest BCUT2D eigenvalue weighted by atomic mass is 16.5. The summed E-state index contributed by atoms with van der Waals surface area (Å²) in [5.74, 6) is -0.564. The number of oxime groups is 1. The molecule has 0 amide bonds. The third-order valence-electron chi connectivity index (χ3n) is 2.08. The van der Waals surface area contributed by atoms with Crippen molar-refractivity contribution in [2.45, 2.75) is 32.3 Å². The molecule has 0 saturated carbocycles. The average molecular weight is 201 g/mol. The van der Waals surface area contributed by atoms with E-state index in [-0.39, 0.29) is 18.4 Å². The molecule has 1 fully saturated rings. The van der Waals surface area contributed by atoms with Crippen LogP contribution >= 0.6 is 0 Å². The SMILES string of the molecule is CCOC(=O)/C(CC1CCCO1)=N\O. The number of carbonyl (C=O) groups is 1. The molecule has 1 saturated heterocycles. The van der Waals surface area contributed by atoms with E-state index in [0.29, 0.717) is 13.0 Å². The fraction of sp³-hybridized carbons (Fsp3) is 0.778. The molecule has 5 nitrogen and oxygen atoms in total. The fourth-order valence-corrected chi connectivity index (χ4v) is 1.40. The van der Waals surface area contributed by atoms with Crippen LogP contribution in [0.25, 0.3) is 0 Å². The molecule has 1 unspecified atom stereocenters. The van der Waals surface area contributed by atoms with Crippen molar-refractivity contribution in [2.24, 2.45) is 5.16 Å². The number of hydrogen-bond acceptors (Lipinski definition) is 5. The van der Waals surface area contributed by atoms with Crippen LogP contribution in [-0.4, -0.2) is 36.2 Å². The van der Waals surface area contributed by atoms with Crippen molar-refractivity contribution in [2.75, 3.05) is 13.2 Å². The van der Waals surface area contributed by atoms with Crippen LogP contribution in [0.5, 0.6) is 0 Å². The Morgan fingerprint density at radius 1 is 1.71 bits per heavy atom. The lowest BCUT2D eigenvalue weighted by Gasteiger charge is -2.09. The number of hydrogen-bond donors (Lipinski definition) is 1. The van der Waals surface area contributed by atoms with Crippen LogP contribution in [0.4, 0.5) is 0 Å². The quantitative estimate of drug-likeness (QED) is 0.318. The Hall–Kier alpha value is -1.10. The highest BCUT2D eigenvalue weighted by Gasteiger charge is 2.22. The second-order valence-corrected chi connectivity index (χ2v) is 3.11. The van der Waals surface area contributed by atoms with E-state index in [9.17, 15) is 4.79 Å². The van der Waals surface area contributed by atoms with Gasteiger partial charge in [-0.25, -0.2) is 4.79 Å². The molecular weight excluding hydrogens is 186 g/mol. The lowest BCUT2D eigenvalue weighted by Crippen LogP contribution is -2.23. The molecule has 0 aromatic rings. The lowest BCUT2D eigenvalue weighted by molar-refractivity contribution is -0.135. The molecule has 0 aromatic heterocycles. The molecule has 1 N–H and O–H groups in total. The second-order valence-electron chi connectivity index (χ2n) is 3.11. The van der Waals surface area contributed by atoms with E-state index in [1.54, 1.807) is 6.92 Å². The van der Waals surface area contributed by atoms with Gasteiger partial charge >= 0.3 is 5.97 Å². The van der Waals surface area contributed by atoms with Gasteiger partial charge in [-0.15, -0.1) is 0 Å². The smallest absolute Gasteiger partial charge is 0.356 e. The second kappa shape index (κ2) is 5.59. The van der Waals surface area contributed by atoms with Crippen LogP contribution < -0.4 is 0 Å². The largest absolute Gasteiger partial charge is 0.461 e. The van der Waals surface area contributed by atoms with Crippen LogP contribution in [-0.2, 0) is 14.3 Å². The Balaban J connectivity index is 2.42. The zero-order valence-corrected chi connectivity index (χ0v) is 8.23. The Kier molecular flexibility index (Phi) is 4.39. The number of rotatable bonds is 4. The number of nitrogens with zero attached hydrogens (tertiary/aromatic N) is 1. The van der Waals surface area contributed by atoms with Crippen molar-refractivity contribution in [1.29, 1.82) is 0 Å². The highest BCUT2D eigenvalue weighted by Crippen LogP contribution is 2.16. The van der Waals surface area contributed by atoms with Crippen LogP contribution in [0, 0.1) is 0 Å². The van der Waals surface area contributed by atoms with Gasteiger partial charge in [-0.05, 0) is 19.8 Å². The molecule has 0 aliphatic carbocycles. The average Bonchev–Trinajstić information content (AvgIpc) is 2.66. The van der Waals surface area contributed by atoms with Gasteiger partial charge in [0.2, 0.25) is 0 Å². The van der Waals surface area contributed by atoms with E-state index < -0.39 is 5.97 Å². The molecule has 5 heteroatoms. The normalized spacial score (nSPS) is 22.4. The summed E-state index contributed by atoms with van der Waals surface area (Å²) >= 11 is 0. The summed E-state index contributed by atoms with van der Waals surface area (Å²) in [6.45, 7) is 2.70. The molecular formula is C9H15NO4. The van der Waals surface area contributed by atoms with Gasteiger partial charge in [-0.2, -0.15) is 0 Å². The predicted octanol–water partition coefficient (Wildman–Crippen LogP) is 0.949. The van der Waals surface area contributed by atoms with Crippen molar-refractivity contribution < 1.29 is 19.5 Å². The van der Waals surface area contributed by atoms with Crippen molar-refractivity contribution in [3.8, 4) is 0 Å². The zero-order valence-electron chi connectivity index (χ0n) is 8.23. The van der Waals surface area contributed by atoms with Gasteiger partial charge in [0.15, 0.2) is 5.71 Å². The van der Waals surface area contributed by atoms with E-state index in [2.05, 4.69) is 5.16 Å². The molecule has 0 radical (unpaired) electrons. The maximum atomic E-state index is 11.2. The van der Waals surface area contributed by atoms with E-state index >= 15 is 0 Å². The summed E-state index contributed by atoms with van der Waals surface area (Å²) in [6, 6.07) is 0. The molecule has 1 rings (SSSR count). The predicted molar refractivity (Wildman–Crippen MR) is 49.4 cm³/mol. The third kappa shape index (κ3) is 2.99. The maximum Gasteiger partial charge on any atom is 0.356 e. The first kappa shape index (κ1) is 11.0. The number of ether oxygens (including phenoxy) is 2. The molecule has 1 aliphatic rings. The Bertz CT molecular complexity index is 221. The van der Waals surface area contributed by atoms with Crippen LogP contribution in [0.1, 0.15) is 26.2 Å². The van der Waals surface area contributed by atoms with Crippen molar-refractivity contribution >= 4 is 11.7 Å². The maximum absolute atomic E-state index is 11.2. The van der Waals surface area contributed by atoms with Crippen LogP contribution in [0.2, 0.25) is 0 Å². The Morgan fingerprint density at radius 2 is 2.50 bits per heavy atom. The first-order valence-electron chi connectivity index (χ1n) is 4.77. The van der Waals surface area contributed by atoms with Crippen molar-refractivity contribution in [3.63, 3.8) is 0 Å². The van der Waals surface area contributed by atoms with Crippen molar-refractivity contribution in [3.05, 3.63) is 0 Å². The van der Waals surface area contributed by atoms with Crippen LogP contribution in [0.3, 0.4) is 0 Å². The van der Waals surface area contributed by atoms with E-state index in [1.807, 2.05) is 0 Å². The minimum Gasteiger partial charge on any atom is -0.461 e. The van der Waals surface area contributed by atoms with Crippen molar-refractivity contribution in [1.82, 2.24) is 0 Å². The summed E-state index contributed by atoms with van der Waals surface area (Å²) in [4.78, 5) is 11.2. The lowest BCUT2D eigenvalue weighted by atomic mass is 10.1. The first-order valence-corrected chi connectivity index (χ1v) is 4.77. The minimum atomic E-state index is -0.564. The first-order chi connectivity index (χ1) is 6.77. The van der Waals surface area contributed by atoms with E-state index in [1.165, 1.54) is 0 Å². The Labute approximate surface area is 82.7 Å². The topological polar surface area (TPSA) is 68.1 Å². The summed E-state index contributed by atoms with van der Waals surface area (Å²) in [6.07, 6.45) is 2.21. The monoisotopic (exact) mass is 201 g/mol. The number of carbonyl (C=O) groups excluding carboxylic acids is 1. The van der Waals surface area contributed by atoms with Gasteiger partial charge in [0, 0.05) is 13.0 Å². The minimum absolute atomic E-state index is 0.00898. The third-order valence-corrected chi connectivity index (χ3v) is 2.08. The van der Waals surface area contributed by atoms with Gasteiger partial charge in [0.05, 0.1) is 12.7 Å². The molecule has 80 valence electrons. The molecule has 0 bridgehead atoms. The fourth-order valence-electron chi connectivity index (χ4n) is 1.40. The van der Waals surface area contributed by atoms with Gasteiger partial charge in [0.25, 0.3) is 0 Å². The zero-order chi connectivity index (χ0) is 10.4. The Morgan fingerprint density at radius 3 is 3.00 bits per heavy atom. The standard InChI is InChI=1S/C9H15NO4/c1-2-13-9(11)8(10-12)6-7-4-3-5-14-7/h7,12H,2-6H2,1H3/b10-8-. The van der Waals surface area contributed by atoms with Gasteiger partial charge in [-0.1, -0.05) is 5.16 Å². The molecule has 1 atom stereocenters. The van der Waals surface area contributed by atoms with E-state index in [0.717, 1.165) is 12.8 Å². The van der Waals surface area contributed by atoms with Gasteiger partial charge < -0.3 is 14.7 Å². The summed E-state index contributed by atoms with van der Waals surface area (Å²) in [5.41, 5.74) is 0.0405. The van der Waals surface area contributed by atoms with Gasteiger partial charge in [-0.3, -0.25) is 0 Å². The molecule has 1 aliphatic heterocycles. The summed E-state index contributed by atoms with van der Waals surface area (Å²) in [5, 5.41) is 11.5. The van der Waals surface area contributed by atoms with Gasteiger partial charge in [0.1, 0.15) is 0 Å². The molecule has 0 spiro atoms. The summed E-state index contributed by atoms with van der Waals surface area (Å²) < 4.78 is 10.0. The highest BCUT2D eigenvalue weighted by molar-refractivity contribution is 6.36. The van der Waals surface area contributed by atoms with Crippen LogP contribution in [0.15, 0.2) is 5.16 Å². The van der Waals surface area contributed by atoms with E-state index in [4.69, 9.17) is 14.7 Å². The summed E-state index contributed by atoms with van der Waals surface area (Å²) in [7, 11) is 0. The molecule has 0 aromatic carbocycles. The molecule has 14 heavy (non-hydrogen) atoms.